The van der Waals surface area contributed by atoms with E-state index in [0.29, 0.717) is 9.54 Å². The molecule has 1 atom stereocenters. The second-order valence-electron chi connectivity index (χ2n) is 9.78. The molecule has 1 unspecified atom stereocenters. The maximum atomic E-state index is 2.51. The first-order valence-electron chi connectivity index (χ1n) is 12.6. The topological polar surface area (TPSA) is 0 Å². The van der Waals surface area contributed by atoms with Crippen molar-refractivity contribution < 1.29 is 47.6 Å². The van der Waals surface area contributed by atoms with Crippen molar-refractivity contribution in [1.82, 2.24) is 0 Å². The second kappa shape index (κ2) is 12.0. The fourth-order valence-corrected chi connectivity index (χ4v) is 9.91. The van der Waals surface area contributed by atoms with E-state index in [1.807, 2.05) is 0 Å². The van der Waals surface area contributed by atoms with Crippen molar-refractivity contribution in [3.63, 3.8) is 0 Å². The Morgan fingerprint density at radius 2 is 1.32 bits per heavy atom. The standard InChI is InChI=1S/C21H19.C13H10.2ClH.Zr/c1-14(2)17-12-19(15-7-3-4-8-15)21-11-16-9-5-6-10-18(16)20(21)13-17;1-3-7-12(8-4-1)11-13-9-5-2-6-10-13;;;/h3-7,9-14H,8H2,1-2H3;1-10H;2*1H;/q;;;;+2/p-2. The molecule has 4 aromatic rings. The molecule has 0 saturated heterocycles. The smallest absolute Gasteiger partial charge is 1.00 e. The molecule has 0 bridgehead atoms. The summed E-state index contributed by atoms with van der Waals surface area (Å²) in [6.07, 6.45) is 7.90. The Morgan fingerprint density at radius 1 is 0.730 bits per heavy atom. The van der Waals surface area contributed by atoms with Gasteiger partial charge in [0.25, 0.3) is 0 Å². The normalized spacial score (nSPS) is 14.7. The van der Waals surface area contributed by atoms with Crippen LogP contribution in [-0.2, 0) is 22.8 Å². The van der Waals surface area contributed by atoms with Crippen LogP contribution in [0.1, 0.15) is 63.2 Å². The molecule has 6 rings (SSSR count). The monoisotopic (exact) mass is 597 g/mol. The summed E-state index contributed by atoms with van der Waals surface area (Å²) in [6, 6.07) is 36.4. The maximum absolute atomic E-state index is 2.51. The van der Waals surface area contributed by atoms with Crippen LogP contribution in [0.4, 0.5) is 0 Å². The second-order valence-corrected chi connectivity index (χ2v) is 13.1. The number of hydrogen-bond donors (Lipinski definition) is 0. The van der Waals surface area contributed by atoms with Crippen molar-refractivity contribution in [1.29, 1.82) is 0 Å². The molecule has 4 aromatic carbocycles. The van der Waals surface area contributed by atoms with Crippen molar-refractivity contribution in [3.8, 4) is 11.1 Å². The van der Waals surface area contributed by atoms with Gasteiger partial charge in [-0.15, -0.1) is 0 Å². The third-order valence-corrected chi connectivity index (χ3v) is 11.6. The molecular weight excluding hydrogens is 571 g/mol. The molecule has 0 nitrogen and oxygen atoms in total. The van der Waals surface area contributed by atoms with Gasteiger partial charge in [-0.1, -0.05) is 0 Å². The van der Waals surface area contributed by atoms with E-state index in [1.54, 1.807) is 8.77 Å². The van der Waals surface area contributed by atoms with E-state index in [1.165, 1.54) is 44.5 Å². The van der Waals surface area contributed by atoms with Gasteiger partial charge < -0.3 is 24.8 Å². The van der Waals surface area contributed by atoms with Gasteiger partial charge in [-0.05, 0) is 0 Å². The fraction of sp³-hybridized carbons (Fsp3) is 0.147. The Balaban J connectivity index is 0.00000160. The summed E-state index contributed by atoms with van der Waals surface area (Å²) in [5.41, 5.74) is 13.2. The molecule has 0 radical (unpaired) electrons. The van der Waals surface area contributed by atoms with Gasteiger partial charge in [-0.2, -0.15) is 0 Å². The average molecular weight is 600 g/mol. The predicted octanol–water partition coefficient (Wildman–Crippen LogP) is 2.58. The van der Waals surface area contributed by atoms with Crippen molar-refractivity contribution in [2.45, 2.75) is 29.8 Å². The summed E-state index contributed by atoms with van der Waals surface area (Å²) in [7, 11) is 0. The summed E-state index contributed by atoms with van der Waals surface area (Å²) < 4.78 is 2.08. The SMILES string of the molecule is CC(C)c1cc(C2=CC=CC2)c2c(c1)-c1ccccc1[CH]2[Zr+2]=[C](c1ccccc1)c1ccccc1.[Cl-].[Cl-]. The zero-order chi connectivity index (χ0) is 23.8. The van der Waals surface area contributed by atoms with Crippen LogP contribution in [0.15, 0.2) is 115 Å². The zero-order valence-electron chi connectivity index (χ0n) is 21.1. The molecule has 183 valence electrons. The van der Waals surface area contributed by atoms with Crippen LogP contribution in [-0.4, -0.2) is 3.21 Å². The maximum Gasteiger partial charge on any atom is -1.00 e. The molecule has 2 aliphatic carbocycles. The molecule has 37 heavy (non-hydrogen) atoms. The Hall–Kier alpha value is -2.31. The molecule has 0 N–H and O–H groups in total. The van der Waals surface area contributed by atoms with Crippen LogP contribution in [0, 0.1) is 0 Å². The van der Waals surface area contributed by atoms with Gasteiger partial charge in [0.15, 0.2) is 0 Å². The van der Waals surface area contributed by atoms with Gasteiger partial charge >= 0.3 is 221 Å². The number of allylic oxidation sites excluding steroid dienone is 4. The van der Waals surface area contributed by atoms with E-state index >= 15 is 0 Å². The summed E-state index contributed by atoms with van der Waals surface area (Å²) in [4.78, 5) is 0. The van der Waals surface area contributed by atoms with E-state index in [2.05, 4.69) is 129 Å². The first-order valence-corrected chi connectivity index (χ1v) is 15.2. The van der Waals surface area contributed by atoms with Crippen LogP contribution in [0.25, 0.3) is 16.7 Å². The van der Waals surface area contributed by atoms with Gasteiger partial charge in [0.05, 0.1) is 0 Å². The van der Waals surface area contributed by atoms with Gasteiger partial charge in [0.1, 0.15) is 0 Å². The van der Waals surface area contributed by atoms with Gasteiger partial charge in [-0.3, -0.25) is 0 Å². The third-order valence-electron chi connectivity index (χ3n) is 7.25. The quantitative estimate of drug-likeness (QED) is 0.331. The number of halogens is 2. The molecule has 0 saturated carbocycles. The van der Waals surface area contributed by atoms with Crippen LogP contribution < -0.4 is 24.8 Å². The van der Waals surface area contributed by atoms with Crippen LogP contribution in [0.2, 0.25) is 0 Å². The average Bonchev–Trinajstić information content (AvgIpc) is 3.55. The largest absolute Gasteiger partial charge is 1.00 e. The molecule has 0 heterocycles. The number of benzene rings is 4. The van der Waals surface area contributed by atoms with Crippen LogP contribution >= 0.6 is 0 Å². The van der Waals surface area contributed by atoms with Crippen molar-refractivity contribution in [2.24, 2.45) is 0 Å². The summed E-state index contributed by atoms with van der Waals surface area (Å²) in [6.45, 7) is 4.64. The van der Waals surface area contributed by atoms with E-state index < -0.39 is 22.8 Å². The van der Waals surface area contributed by atoms with Crippen molar-refractivity contribution in [2.75, 3.05) is 0 Å². The molecule has 3 heteroatoms. The van der Waals surface area contributed by atoms with Gasteiger partial charge in [0, 0.05) is 0 Å². The van der Waals surface area contributed by atoms with Gasteiger partial charge in [-0.25, -0.2) is 0 Å². The first kappa shape index (κ1) is 27.7. The molecular formula is C34H29Cl2Zr. The number of rotatable bonds is 5. The third kappa shape index (κ3) is 5.33. The Bertz CT molecular complexity index is 1440. The summed E-state index contributed by atoms with van der Waals surface area (Å²) >= 11 is -1.10. The minimum absolute atomic E-state index is 0. The number of fused-ring (bicyclic) bond motifs is 3. The van der Waals surface area contributed by atoms with Crippen molar-refractivity contribution in [3.05, 3.63) is 149 Å². The van der Waals surface area contributed by atoms with E-state index in [0.717, 1.165) is 6.42 Å². The Kier molecular flexibility index (Phi) is 9.02. The zero-order valence-corrected chi connectivity index (χ0v) is 25.1. The molecule has 0 aliphatic heterocycles. The Morgan fingerprint density at radius 3 is 1.92 bits per heavy atom. The minimum atomic E-state index is -1.10. The number of hydrogen-bond acceptors (Lipinski definition) is 0. The predicted molar refractivity (Wildman–Crippen MR) is 146 cm³/mol. The van der Waals surface area contributed by atoms with E-state index in [4.69, 9.17) is 0 Å². The molecule has 0 spiro atoms. The van der Waals surface area contributed by atoms with E-state index in [9.17, 15) is 0 Å². The summed E-state index contributed by atoms with van der Waals surface area (Å²) in [5, 5.41) is 0. The molecule has 2 aliphatic rings. The van der Waals surface area contributed by atoms with Crippen LogP contribution in [0.3, 0.4) is 0 Å². The fourth-order valence-electron chi connectivity index (χ4n) is 5.44. The minimum Gasteiger partial charge on any atom is -1.00 e. The van der Waals surface area contributed by atoms with Crippen molar-refractivity contribution >= 4 is 8.78 Å². The first-order chi connectivity index (χ1) is 17.2. The Labute approximate surface area is 244 Å². The van der Waals surface area contributed by atoms with E-state index in [-0.39, 0.29) is 24.8 Å². The van der Waals surface area contributed by atoms with Crippen LogP contribution in [0.5, 0.6) is 0 Å². The molecule has 0 aromatic heterocycles. The molecule has 0 fully saturated rings. The summed E-state index contributed by atoms with van der Waals surface area (Å²) in [5.74, 6) is 0.510. The van der Waals surface area contributed by atoms with Gasteiger partial charge in [0.2, 0.25) is 0 Å². The molecule has 0 amide bonds.